The van der Waals surface area contributed by atoms with Gasteiger partial charge in [0.1, 0.15) is 5.82 Å². The lowest BCUT2D eigenvalue weighted by Gasteiger charge is -2.28. The van der Waals surface area contributed by atoms with Crippen LogP contribution in [0.15, 0.2) is 48.7 Å². The number of aromatic nitrogens is 1. The molecule has 7 heteroatoms. The summed E-state index contributed by atoms with van der Waals surface area (Å²) in [5, 5.41) is 4.77. The molecule has 5 nitrogen and oxygen atoms in total. The molecule has 1 fully saturated rings. The molecule has 1 N–H and O–H groups in total. The molecule has 1 aliphatic heterocycles. The van der Waals surface area contributed by atoms with Gasteiger partial charge in [0.05, 0.1) is 30.0 Å². The lowest BCUT2D eigenvalue weighted by molar-refractivity contribution is 0.0303. The number of hydrogen-bond donors (Lipinski definition) is 1. The number of rotatable bonds is 4. The van der Waals surface area contributed by atoms with Crippen LogP contribution in [0.4, 0.5) is 10.1 Å². The monoisotopic (exact) mass is 413 g/mol. The smallest absolute Gasteiger partial charge is 0.257 e. The molecule has 1 saturated heterocycles. The minimum Gasteiger partial charge on any atom is -0.378 e. The van der Waals surface area contributed by atoms with Crippen molar-refractivity contribution < 1.29 is 13.9 Å². The van der Waals surface area contributed by atoms with Crippen LogP contribution in [-0.4, -0.2) is 42.1 Å². The maximum atomic E-state index is 13.3. The topological polar surface area (TPSA) is 54.5 Å². The number of anilines is 1. The minimum atomic E-state index is -0.287. The average Bonchev–Trinajstić information content (AvgIpc) is 2.74. The maximum absolute atomic E-state index is 13.3. The number of carbonyl (C=O) groups excluding carboxylic acids is 1. The van der Waals surface area contributed by atoms with Crippen LogP contribution in [0.1, 0.15) is 28.9 Å². The minimum absolute atomic E-state index is 0.100. The first-order chi connectivity index (χ1) is 14.0. The van der Waals surface area contributed by atoms with Crippen LogP contribution in [0.25, 0.3) is 10.9 Å². The number of ether oxygens (including phenoxy) is 1. The van der Waals surface area contributed by atoms with Gasteiger partial charge in [-0.15, -0.1) is 0 Å². The van der Waals surface area contributed by atoms with Crippen LogP contribution in [0.2, 0.25) is 5.02 Å². The zero-order valence-electron chi connectivity index (χ0n) is 16.0. The van der Waals surface area contributed by atoms with Crippen LogP contribution >= 0.6 is 11.6 Å². The van der Waals surface area contributed by atoms with E-state index in [1.165, 1.54) is 12.1 Å². The molecule has 3 aromatic rings. The van der Waals surface area contributed by atoms with Crippen molar-refractivity contribution in [3.63, 3.8) is 0 Å². The van der Waals surface area contributed by atoms with E-state index in [1.54, 1.807) is 35.4 Å². The summed E-state index contributed by atoms with van der Waals surface area (Å²) in [4.78, 5) is 19.5. The largest absolute Gasteiger partial charge is 0.378 e. The molecule has 1 amide bonds. The van der Waals surface area contributed by atoms with Gasteiger partial charge in [0.25, 0.3) is 5.91 Å². The summed E-state index contributed by atoms with van der Waals surface area (Å²) >= 11 is 6.23. The number of morpholine rings is 1. The van der Waals surface area contributed by atoms with Crippen LogP contribution in [0, 0.1) is 5.82 Å². The number of carbonyl (C=O) groups is 1. The van der Waals surface area contributed by atoms with E-state index in [-0.39, 0.29) is 17.8 Å². The normalized spacial score (nSPS) is 15.3. The molecule has 1 unspecified atom stereocenters. The Balaban J connectivity index is 1.76. The highest BCUT2D eigenvalue weighted by Crippen LogP contribution is 2.32. The van der Waals surface area contributed by atoms with Gasteiger partial charge >= 0.3 is 0 Å². The maximum Gasteiger partial charge on any atom is 0.257 e. The Bertz CT molecular complexity index is 1040. The van der Waals surface area contributed by atoms with E-state index in [1.807, 2.05) is 13.0 Å². The fourth-order valence-electron chi connectivity index (χ4n) is 3.47. The summed E-state index contributed by atoms with van der Waals surface area (Å²) in [5.41, 5.74) is 2.80. The zero-order valence-corrected chi connectivity index (χ0v) is 16.7. The second-order valence-electron chi connectivity index (χ2n) is 7.03. The van der Waals surface area contributed by atoms with E-state index in [4.69, 9.17) is 16.3 Å². The van der Waals surface area contributed by atoms with E-state index in [2.05, 4.69) is 10.3 Å². The van der Waals surface area contributed by atoms with Gasteiger partial charge in [0.15, 0.2) is 0 Å². The molecule has 0 spiro atoms. The van der Waals surface area contributed by atoms with Crippen molar-refractivity contribution in [1.29, 1.82) is 0 Å². The lowest BCUT2D eigenvalue weighted by atomic mass is 10.0. The fourth-order valence-corrected chi connectivity index (χ4v) is 3.64. The molecule has 1 aliphatic rings. The second kappa shape index (κ2) is 8.35. The van der Waals surface area contributed by atoms with Crippen molar-refractivity contribution in [1.82, 2.24) is 9.88 Å². The molecule has 2 aromatic carbocycles. The lowest BCUT2D eigenvalue weighted by Crippen LogP contribution is -2.41. The van der Waals surface area contributed by atoms with Gasteiger partial charge in [-0.1, -0.05) is 23.7 Å². The van der Waals surface area contributed by atoms with E-state index >= 15 is 0 Å². The van der Waals surface area contributed by atoms with Gasteiger partial charge in [-0.25, -0.2) is 4.39 Å². The molecule has 2 heterocycles. The quantitative estimate of drug-likeness (QED) is 0.675. The first kappa shape index (κ1) is 19.6. The van der Waals surface area contributed by atoms with Gasteiger partial charge in [0, 0.05) is 35.7 Å². The first-order valence-corrected chi connectivity index (χ1v) is 9.88. The summed E-state index contributed by atoms with van der Waals surface area (Å²) in [6.45, 7) is 4.09. The van der Waals surface area contributed by atoms with Gasteiger partial charge in [0.2, 0.25) is 0 Å². The van der Waals surface area contributed by atoms with E-state index < -0.39 is 0 Å². The van der Waals surface area contributed by atoms with Gasteiger partial charge in [-0.3, -0.25) is 9.78 Å². The van der Waals surface area contributed by atoms with Crippen molar-refractivity contribution in [2.75, 3.05) is 31.6 Å². The standard InChI is InChI=1S/C22H21ClFN3O2/c1-14(15-2-5-17(24)6-3-15)26-21-18-12-16(23)4-7-20(18)25-13-19(21)22(28)27-8-10-29-11-9-27/h2-7,12-14H,8-11H2,1H3,(H,25,26). The zero-order chi connectivity index (χ0) is 20.4. The molecule has 0 aliphatic carbocycles. The Kier molecular flexibility index (Phi) is 5.65. The predicted molar refractivity (Wildman–Crippen MR) is 112 cm³/mol. The number of halogens is 2. The van der Waals surface area contributed by atoms with Crippen LogP contribution in [0.3, 0.4) is 0 Å². The summed E-state index contributed by atoms with van der Waals surface area (Å²) in [7, 11) is 0. The Morgan fingerprint density at radius 2 is 1.93 bits per heavy atom. The number of nitrogens with zero attached hydrogens (tertiary/aromatic N) is 2. The SMILES string of the molecule is CC(Nc1c(C(=O)N2CCOCC2)cnc2ccc(Cl)cc12)c1ccc(F)cc1. The molecule has 1 aromatic heterocycles. The van der Waals surface area contributed by atoms with E-state index in [0.717, 1.165) is 16.5 Å². The number of amides is 1. The van der Waals surface area contributed by atoms with E-state index in [9.17, 15) is 9.18 Å². The van der Waals surface area contributed by atoms with Crippen molar-refractivity contribution in [3.8, 4) is 0 Å². The van der Waals surface area contributed by atoms with Crippen molar-refractivity contribution in [3.05, 3.63) is 70.6 Å². The highest BCUT2D eigenvalue weighted by molar-refractivity contribution is 6.31. The number of hydrogen-bond acceptors (Lipinski definition) is 4. The Labute approximate surface area is 173 Å². The van der Waals surface area contributed by atoms with Crippen LogP contribution < -0.4 is 5.32 Å². The van der Waals surface area contributed by atoms with Gasteiger partial charge < -0.3 is 15.0 Å². The van der Waals surface area contributed by atoms with Crippen LogP contribution in [-0.2, 0) is 4.74 Å². The Hall–Kier alpha value is -2.70. The number of nitrogens with one attached hydrogen (secondary N) is 1. The molecule has 4 rings (SSSR count). The first-order valence-electron chi connectivity index (χ1n) is 9.50. The number of pyridine rings is 1. The highest BCUT2D eigenvalue weighted by atomic mass is 35.5. The molecule has 1 atom stereocenters. The molecular weight excluding hydrogens is 393 g/mol. The number of fused-ring (bicyclic) bond motifs is 1. The second-order valence-corrected chi connectivity index (χ2v) is 7.47. The Morgan fingerprint density at radius 3 is 2.66 bits per heavy atom. The van der Waals surface area contributed by atoms with Crippen molar-refractivity contribution in [2.45, 2.75) is 13.0 Å². The molecule has 150 valence electrons. The summed E-state index contributed by atoms with van der Waals surface area (Å²) in [6.07, 6.45) is 1.60. The average molecular weight is 414 g/mol. The third kappa shape index (κ3) is 4.18. The molecule has 0 bridgehead atoms. The van der Waals surface area contributed by atoms with Crippen LogP contribution in [0.5, 0.6) is 0 Å². The predicted octanol–water partition coefficient (Wildman–Crippen LogP) is 4.67. The van der Waals surface area contributed by atoms with E-state index in [0.29, 0.717) is 42.6 Å². The fraction of sp³-hybridized carbons (Fsp3) is 0.273. The van der Waals surface area contributed by atoms with Gasteiger partial charge in [-0.2, -0.15) is 0 Å². The summed E-state index contributed by atoms with van der Waals surface area (Å²) < 4.78 is 18.7. The molecule has 29 heavy (non-hydrogen) atoms. The molecule has 0 radical (unpaired) electrons. The third-order valence-corrected chi connectivity index (χ3v) is 5.32. The van der Waals surface area contributed by atoms with Crippen molar-refractivity contribution >= 4 is 34.1 Å². The van der Waals surface area contributed by atoms with Gasteiger partial charge in [-0.05, 0) is 42.8 Å². The number of benzene rings is 2. The summed E-state index contributed by atoms with van der Waals surface area (Å²) in [5.74, 6) is -0.387. The third-order valence-electron chi connectivity index (χ3n) is 5.09. The highest BCUT2D eigenvalue weighted by Gasteiger charge is 2.24. The summed E-state index contributed by atoms with van der Waals surface area (Å²) in [6, 6.07) is 11.6. The Morgan fingerprint density at radius 1 is 1.21 bits per heavy atom. The molecular formula is C22H21ClFN3O2. The van der Waals surface area contributed by atoms with Crippen molar-refractivity contribution in [2.24, 2.45) is 0 Å². The molecule has 0 saturated carbocycles.